The van der Waals surface area contributed by atoms with Gasteiger partial charge in [-0.2, -0.15) is 0 Å². The normalized spacial score (nSPS) is 25.7. The van der Waals surface area contributed by atoms with E-state index < -0.39 is 11.6 Å². The number of carbonyl (C=O) groups is 2. The van der Waals surface area contributed by atoms with Gasteiger partial charge in [-0.15, -0.1) is 0 Å². The Bertz CT molecular complexity index is 1730. The van der Waals surface area contributed by atoms with E-state index in [9.17, 15) is 19.5 Å². The first-order chi connectivity index (χ1) is 19.7. The van der Waals surface area contributed by atoms with Crippen LogP contribution >= 0.6 is 0 Å². The molecule has 214 valence electrons. The number of pyridine rings is 2. The number of nitrogens with zero attached hydrogens (tertiary/aromatic N) is 2. The lowest BCUT2D eigenvalue weighted by molar-refractivity contribution is -0.172. The number of aryl methyl sites for hydroxylation is 1. The summed E-state index contributed by atoms with van der Waals surface area (Å²) in [5.74, 6) is -1.29. The van der Waals surface area contributed by atoms with E-state index in [1.165, 1.54) is 6.07 Å². The number of ether oxygens (including phenoxy) is 2. The van der Waals surface area contributed by atoms with Crippen LogP contribution in [-0.4, -0.2) is 39.2 Å². The Morgan fingerprint density at radius 2 is 2.02 bits per heavy atom. The molecular formula is C31H32FN3O6. The molecule has 2 aliphatic carbocycles. The van der Waals surface area contributed by atoms with E-state index in [-0.39, 0.29) is 66.0 Å². The smallest absolute Gasteiger partial charge is 0.343 e. The number of aromatic nitrogens is 2. The summed E-state index contributed by atoms with van der Waals surface area (Å²) in [5, 5.41) is 15.3. The van der Waals surface area contributed by atoms with Crippen LogP contribution in [0.25, 0.3) is 22.3 Å². The summed E-state index contributed by atoms with van der Waals surface area (Å²) in [4.78, 5) is 44.5. The molecule has 41 heavy (non-hydrogen) atoms. The van der Waals surface area contributed by atoms with Gasteiger partial charge in [0.2, 0.25) is 5.91 Å². The summed E-state index contributed by atoms with van der Waals surface area (Å²) in [6.07, 6.45) is 2.70. The summed E-state index contributed by atoms with van der Waals surface area (Å²) in [5.41, 5.74) is 2.68. The Hall–Kier alpha value is -3.63. The largest absolute Gasteiger partial charge is 0.458 e. The van der Waals surface area contributed by atoms with E-state index in [0.717, 1.165) is 22.1 Å². The molecule has 0 radical (unpaired) electrons. The molecule has 3 aromatic rings. The van der Waals surface area contributed by atoms with Gasteiger partial charge in [0.15, 0.2) is 5.60 Å². The minimum Gasteiger partial charge on any atom is -0.458 e. The highest BCUT2D eigenvalue weighted by atomic mass is 19.1. The number of amides is 1. The number of cyclic esters (lactones) is 1. The van der Waals surface area contributed by atoms with Crippen LogP contribution in [0.4, 0.5) is 4.39 Å². The van der Waals surface area contributed by atoms with Crippen molar-refractivity contribution in [3.63, 3.8) is 0 Å². The van der Waals surface area contributed by atoms with Crippen molar-refractivity contribution in [2.45, 2.75) is 83.8 Å². The number of hydrogen-bond acceptors (Lipinski definition) is 7. The van der Waals surface area contributed by atoms with Crippen molar-refractivity contribution < 1.29 is 28.6 Å². The highest BCUT2D eigenvalue weighted by molar-refractivity contribution is 5.94. The maximum absolute atomic E-state index is 15.1. The zero-order valence-corrected chi connectivity index (χ0v) is 23.3. The Kier molecular flexibility index (Phi) is 5.89. The van der Waals surface area contributed by atoms with Gasteiger partial charge in [0, 0.05) is 35.1 Å². The number of halogens is 1. The second-order valence-corrected chi connectivity index (χ2v) is 11.7. The summed E-state index contributed by atoms with van der Waals surface area (Å²) in [6.45, 7) is 5.98. The van der Waals surface area contributed by atoms with Gasteiger partial charge in [0.05, 0.1) is 41.2 Å². The van der Waals surface area contributed by atoms with Crippen LogP contribution in [0.1, 0.15) is 79.0 Å². The van der Waals surface area contributed by atoms with E-state index in [0.29, 0.717) is 54.8 Å². The molecule has 7 rings (SSSR count). The first-order valence-corrected chi connectivity index (χ1v) is 14.4. The van der Waals surface area contributed by atoms with E-state index in [4.69, 9.17) is 14.5 Å². The molecule has 2 aromatic heterocycles. The van der Waals surface area contributed by atoms with Crippen molar-refractivity contribution in [1.82, 2.24) is 14.9 Å². The summed E-state index contributed by atoms with van der Waals surface area (Å²) in [6, 6.07) is 2.74. The molecule has 4 heterocycles. The molecule has 4 aliphatic rings. The first-order valence-electron chi connectivity index (χ1n) is 14.4. The lowest BCUT2D eigenvalue weighted by Gasteiger charge is -2.36. The molecule has 10 heteroatoms. The quantitative estimate of drug-likeness (QED) is 0.358. The number of aliphatic hydroxyl groups is 1. The third kappa shape index (κ3) is 3.66. The van der Waals surface area contributed by atoms with E-state index in [2.05, 4.69) is 5.32 Å². The maximum Gasteiger partial charge on any atom is 0.343 e. The van der Waals surface area contributed by atoms with Gasteiger partial charge in [-0.25, -0.2) is 14.2 Å². The Morgan fingerprint density at radius 3 is 2.76 bits per heavy atom. The number of benzene rings is 1. The number of hydrogen-bond donors (Lipinski definition) is 2. The maximum atomic E-state index is 15.1. The Morgan fingerprint density at radius 1 is 1.24 bits per heavy atom. The van der Waals surface area contributed by atoms with Crippen LogP contribution in [0.2, 0.25) is 0 Å². The van der Waals surface area contributed by atoms with Crippen molar-refractivity contribution in [3.05, 3.63) is 61.7 Å². The van der Waals surface area contributed by atoms with Crippen LogP contribution in [0.5, 0.6) is 0 Å². The minimum absolute atomic E-state index is 0.0289. The SMILES string of the molecule is CCOC1CC(C(=O)N[C@H]2CCc3c(C)c(F)cc4nc5c(c2c34)Cn2c-5cc3c(c2=O)COC(=O)[C@]3(O)CC)C1. The number of rotatable bonds is 5. The molecule has 0 unspecified atom stereocenters. The fourth-order valence-electron chi connectivity index (χ4n) is 7.14. The third-order valence-corrected chi connectivity index (χ3v) is 9.56. The minimum atomic E-state index is -1.94. The first kappa shape index (κ1) is 26.3. The highest BCUT2D eigenvalue weighted by Crippen LogP contribution is 2.46. The number of nitrogens with one attached hydrogen (secondary N) is 1. The van der Waals surface area contributed by atoms with Gasteiger partial charge in [0.25, 0.3) is 5.56 Å². The topological polar surface area (TPSA) is 120 Å². The molecule has 1 fully saturated rings. The van der Waals surface area contributed by atoms with Crippen LogP contribution in [-0.2, 0) is 44.2 Å². The lowest BCUT2D eigenvalue weighted by atomic mass is 9.79. The van der Waals surface area contributed by atoms with Crippen molar-refractivity contribution >= 4 is 22.8 Å². The van der Waals surface area contributed by atoms with Crippen LogP contribution in [0, 0.1) is 18.7 Å². The highest BCUT2D eigenvalue weighted by Gasteiger charge is 2.46. The van der Waals surface area contributed by atoms with Gasteiger partial charge in [-0.3, -0.25) is 9.59 Å². The molecule has 9 nitrogen and oxygen atoms in total. The van der Waals surface area contributed by atoms with Gasteiger partial charge < -0.3 is 24.5 Å². The van der Waals surface area contributed by atoms with Gasteiger partial charge in [-0.05, 0) is 68.7 Å². The van der Waals surface area contributed by atoms with E-state index in [1.807, 2.05) is 6.92 Å². The van der Waals surface area contributed by atoms with Gasteiger partial charge in [-0.1, -0.05) is 6.92 Å². The fourth-order valence-corrected chi connectivity index (χ4v) is 7.14. The van der Waals surface area contributed by atoms with E-state index in [1.54, 1.807) is 24.5 Å². The molecule has 1 amide bonds. The van der Waals surface area contributed by atoms with Gasteiger partial charge in [0.1, 0.15) is 12.4 Å². The molecule has 0 saturated heterocycles. The van der Waals surface area contributed by atoms with Crippen molar-refractivity contribution in [2.24, 2.45) is 5.92 Å². The van der Waals surface area contributed by atoms with Crippen molar-refractivity contribution in [1.29, 1.82) is 0 Å². The Labute approximate surface area is 235 Å². The predicted octanol–water partition coefficient (Wildman–Crippen LogP) is 3.45. The second kappa shape index (κ2) is 9.19. The molecule has 1 aromatic carbocycles. The molecular weight excluding hydrogens is 529 g/mol. The number of carbonyl (C=O) groups excluding carboxylic acids is 2. The summed E-state index contributed by atoms with van der Waals surface area (Å²) >= 11 is 0. The van der Waals surface area contributed by atoms with Crippen LogP contribution in [0.3, 0.4) is 0 Å². The zero-order valence-electron chi connectivity index (χ0n) is 23.3. The number of fused-ring (bicyclic) bond motifs is 5. The van der Waals surface area contributed by atoms with Crippen molar-refractivity contribution in [3.8, 4) is 11.4 Å². The molecule has 1 saturated carbocycles. The molecule has 2 atom stereocenters. The monoisotopic (exact) mass is 561 g/mol. The fraction of sp³-hybridized carbons (Fsp3) is 0.484. The number of esters is 1. The second-order valence-electron chi connectivity index (χ2n) is 11.7. The molecule has 2 aliphatic heterocycles. The van der Waals surface area contributed by atoms with Gasteiger partial charge >= 0.3 is 5.97 Å². The Balaban J connectivity index is 1.38. The molecule has 2 N–H and O–H groups in total. The zero-order chi connectivity index (χ0) is 28.8. The van der Waals surface area contributed by atoms with E-state index >= 15 is 4.39 Å². The summed E-state index contributed by atoms with van der Waals surface area (Å²) < 4.78 is 27.5. The van der Waals surface area contributed by atoms with Crippen LogP contribution < -0.4 is 10.9 Å². The standard InChI is InChI=1S/C31H32FN3O6/c1-4-31(39)20-10-24-27-18(12-35(24)29(37)19(20)13-41-30(31)38)26-22(34-28(36)15-8-16(9-15)40-5-2)7-6-17-14(3)21(32)11-23(33-27)25(17)26/h10-11,15-16,22,39H,4-9,12-13H2,1-3H3,(H,34,36)/t15?,16?,22-,31-/m0/s1. The average molecular weight is 562 g/mol. The predicted molar refractivity (Wildman–Crippen MR) is 147 cm³/mol. The molecule has 0 spiro atoms. The van der Waals surface area contributed by atoms with Crippen molar-refractivity contribution in [2.75, 3.05) is 6.61 Å². The average Bonchev–Trinajstić information content (AvgIpc) is 3.30. The third-order valence-electron chi connectivity index (χ3n) is 9.56. The summed E-state index contributed by atoms with van der Waals surface area (Å²) in [7, 11) is 0. The lowest BCUT2D eigenvalue weighted by Crippen LogP contribution is -2.44. The molecule has 0 bridgehead atoms. The van der Waals surface area contributed by atoms with Crippen LogP contribution in [0.15, 0.2) is 16.9 Å².